The first-order chi connectivity index (χ1) is 12.2. The second-order valence-corrected chi connectivity index (χ2v) is 7.54. The number of benzene rings is 1. The number of aromatic amines is 1. The molecule has 3 heterocycles. The van der Waals surface area contributed by atoms with Gasteiger partial charge in [-0.25, -0.2) is 4.98 Å². The summed E-state index contributed by atoms with van der Waals surface area (Å²) >= 11 is 0. The number of aryl methyl sites for hydroxylation is 1. The van der Waals surface area contributed by atoms with Crippen LogP contribution >= 0.6 is 0 Å². The van der Waals surface area contributed by atoms with Gasteiger partial charge < -0.3 is 9.51 Å². The van der Waals surface area contributed by atoms with Crippen molar-refractivity contribution in [3.63, 3.8) is 0 Å². The molecule has 0 spiro atoms. The molecule has 2 fully saturated rings. The molecular formula is C19H23N5O. The van der Waals surface area contributed by atoms with Crippen molar-refractivity contribution in [1.29, 1.82) is 0 Å². The van der Waals surface area contributed by atoms with Crippen molar-refractivity contribution in [1.82, 2.24) is 25.0 Å². The fourth-order valence-corrected chi connectivity index (χ4v) is 3.79. The predicted molar refractivity (Wildman–Crippen MR) is 94.4 cm³/mol. The number of hydrogen-bond acceptors (Lipinski definition) is 5. The molecule has 1 aliphatic carbocycles. The maximum atomic E-state index is 5.39. The van der Waals surface area contributed by atoms with Gasteiger partial charge >= 0.3 is 0 Å². The van der Waals surface area contributed by atoms with E-state index in [-0.39, 0.29) is 0 Å². The molecule has 1 aliphatic heterocycles. The Bertz CT molecular complexity index is 894. The number of aromatic nitrogens is 4. The summed E-state index contributed by atoms with van der Waals surface area (Å²) in [7, 11) is 0. The number of hydrogen-bond donors (Lipinski definition) is 1. The molecule has 0 bridgehead atoms. The SMILES string of the molecule is Cc1ccc2nc(C3CCCN(Cc4noc(C5CC5)n4)C3)[nH]c2c1. The third-order valence-electron chi connectivity index (χ3n) is 5.32. The Morgan fingerprint density at radius 1 is 1.20 bits per heavy atom. The average molecular weight is 337 g/mol. The lowest BCUT2D eigenvalue weighted by molar-refractivity contribution is 0.190. The average Bonchev–Trinajstić information content (AvgIpc) is 3.21. The molecule has 3 aromatic rings. The van der Waals surface area contributed by atoms with Crippen LogP contribution in [0, 0.1) is 6.92 Å². The lowest BCUT2D eigenvalue weighted by Gasteiger charge is -2.30. The van der Waals surface area contributed by atoms with Crippen LogP contribution in [0.4, 0.5) is 0 Å². The second-order valence-electron chi connectivity index (χ2n) is 7.54. The number of piperidine rings is 1. The Balaban J connectivity index is 1.30. The zero-order valence-electron chi connectivity index (χ0n) is 14.5. The molecule has 0 radical (unpaired) electrons. The van der Waals surface area contributed by atoms with E-state index in [0.717, 1.165) is 48.2 Å². The van der Waals surface area contributed by atoms with E-state index < -0.39 is 0 Å². The standard InChI is InChI=1S/C19H23N5O/c1-12-4-7-15-16(9-12)21-18(20-15)14-3-2-8-24(10-14)11-17-22-19(25-23-17)13-5-6-13/h4,7,9,13-14H,2-3,5-6,8,10-11H2,1H3,(H,20,21). The van der Waals surface area contributed by atoms with Crippen LogP contribution in [0.3, 0.4) is 0 Å². The largest absolute Gasteiger partial charge is 0.342 e. The Morgan fingerprint density at radius 2 is 2.12 bits per heavy atom. The van der Waals surface area contributed by atoms with Crippen LogP contribution in [-0.2, 0) is 6.54 Å². The van der Waals surface area contributed by atoms with E-state index in [2.05, 4.69) is 45.1 Å². The number of nitrogens with zero attached hydrogens (tertiary/aromatic N) is 4. The van der Waals surface area contributed by atoms with Crippen molar-refractivity contribution in [2.24, 2.45) is 0 Å². The van der Waals surface area contributed by atoms with E-state index >= 15 is 0 Å². The molecule has 1 atom stereocenters. The van der Waals surface area contributed by atoms with Gasteiger partial charge in [0.25, 0.3) is 0 Å². The summed E-state index contributed by atoms with van der Waals surface area (Å²) in [5, 5.41) is 4.16. The summed E-state index contributed by atoms with van der Waals surface area (Å²) in [6, 6.07) is 6.39. The van der Waals surface area contributed by atoms with E-state index in [1.165, 1.54) is 31.2 Å². The fraction of sp³-hybridized carbons (Fsp3) is 0.526. The van der Waals surface area contributed by atoms with Crippen LogP contribution in [0.1, 0.15) is 60.6 Å². The first-order valence-corrected chi connectivity index (χ1v) is 9.26. The van der Waals surface area contributed by atoms with Crippen molar-refractivity contribution in [2.45, 2.75) is 51.0 Å². The van der Waals surface area contributed by atoms with Gasteiger partial charge in [-0.15, -0.1) is 0 Å². The third kappa shape index (κ3) is 3.06. The lowest BCUT2D eigenvalue weighted by Crippen LogP contribution is -2.34. The van der Waals surface area contributed by atoms with Crippen LogP contribution in [0.2, 0.25) is 0 Å². The monoisotopic (exact) mass is 337 g/mol. The minimum atomic E-state index is 0.441. The van der Waals surface area contributed by atoms with Crippen LogP contribution in [0.5, 0.6) is 0 Å². The van der Waals surface area contributed by atoms with Gasteiger partial charge in [-0.1, -0.05) is 11.2 Å². The summed E-state index contributed by atoms with van der Waals surface area (Å²) in [6.07, 6.45) is 4.74. The van der Waals surface area contributed by atoms with Gasteiger partial charge in [0.2, 0.25) is 5.89 Å². The van der Waals surface area contributed by atoms with E-state index in [9.17, 15) is 0 Å². The van der Waals surface area contributed by atoms with E-state index in [4.69, 9.17) is 9.51 Å². The molecule has 6 nitrogen and oxygen atoms in total. The quantitative estimate of drug-likeness (QED) is 0.789. The maximum absolute atomic E-state index is 5.39. The van der Waals surface area contributed by atoms with Gasteiger partial charge in [0.15, 0.2) is 5.82 Å². The van der Waals surface area contributed by atoms with Gasteiger partial charge in [0, 0.05) is 18.4 Å². The molecule has 1 aromatic carbocycles. The molecule has 2 aromatic heterocycles. The highest BCUT2D eigenvalue weighted by Crippen LogP contribution is 2.39. The zero-order valence-corrected chi connectivity index (χ0v) is 14.5. The van der Waals surface area contributed by atoms with Crippen LogP contribution in [0.25, 0.3) is 11.0 Å². The summed E-state index contributed by atoms with van der Waals surface area (Å²) in [4.78, 5) is 15.3. The number of rotatable bonds is 4. The molecule has 6 heteroatoms. The molecule has 1 unspecified atom stereocenters. The third-order valence-corrected chi connectivity index (χ3v) is 5.32. The molecule has 0 amide bonds. The number of nitrogens with one attached hydrogen (secondary N) is 1. The summed E-state index contributed by atoms with van der Waals surface area (Å²) in [5.74, 6) is 3.72. The molecule has 2 aliphatic rings. The van der Waals surface area contributed by atoms with Crippen molar-refractivity contribution in [3.8, 4) is 0 Å². The Kier molecular flexibility index (Phi) is 3.59. The molecule has 25 heavy (non-hydrogen) atoms. The van der Waals surface area contributed by atoms with Gasteiger partial charge in [-0.2, -0.15) is 4.98 Å². The van der Waals surface area contributed by atoms with Gasteiger partial charge in [-0.05, 0) is 56.8 Å². The smallest absolute Gasteiger partial charge is 0.229 e. The zero-order chi connectivity index (χ0) is 16.8. The number of imidazole rings is 1. The minimum Gasteiger partial charge on any atom is -0.342 e. The molecule has 1 N–H and O–H groups in total. The van der Waals surface area contributed by atoms with Crippen molar-refractivity contribution >= 4 is 11.0 Å². The van der Waals surface area contributed by atoms with Crippen molar-refractivity contribution in [2.75, 3.05) is 13.1 Å². The summed E-state index contributed by atoms with van der Waals surface area (Å²) in [5.41, 5.74) is 3.46. The Labute approximate surface area is 146 Å². The van der Waals surface area contributed by atoms with E-state index in [0.29, 0.717) is 11.8 Å². The first-order valence-electron chi connectivity index (χ1n) is 9.26. The van der Waals surface area contributed by atoms with Gasteiger partial charge in [-0.3, -0.25) is 4.90 Å². The van der Waals surface area contributed by atoms with E-state index in [1.54, 1.807) is 0 Å². The molecule has 130 valence electrons. The highest BCUT2D eigenvalue weighted by Gasteiger charge is 2.30. The number of H-pyrrole nitrogens is 1. The number of likely N-dealkylation sites (tertiary alicyclic amines) is 1. The van der Waals surface area contributed by atoms with Crippen molar-refractivity contribution in [3.05, 3.63) is 41.3 Å². The van der Waals surface area contributed by atoms with Crippen LogP contribution in [-0.4, -0.2) is 38.1 Å². The minimum absolute atomic E-state index is 0.441. The summed E-state index contributed by atoms with van der Waals surface area (Å²) in [6.45, 7) is 4.96. The van der Waals surface area contributed by atoms with Gasteiger partial charge in [0.1, 0.15) is 5.82 Å². The lowest BCUT2D eigenvalue weighted by atomic mass is 9.97. The fourth-order valence-electron chi connectivity index (χ4n) is 3.79. The second kappa shape index (κ2) is 5.95. The molecular weight excluding hydrogens is 314 g/mol. The summed E-state index contributed by atoms with van der Waals surface area (Å²) < 4.78 is 5.39. The molecule has 1 saturated carbocycles. The highest BCUT2D eigenvalue weighted by molar-refractivity contribution is 5.75. The first kappa shape index (κ1) is 15.1. The molecule has 5 rings (SSSR count). The Hall–Kier alpha value is -2.21. The van der Waals surface area contributed by atoms with Gasteiger partial charge in [0.05, 0.1) is 17.6 Å². The van der Waals surface area contributed by atoms with E-state index in [1.807, 2.05) is 0 Å². The maximum Gasteiger partial charge on any atom is 0.229 e. The molecule has 1 saturated heterocycles. The topological polar surface area (TPSA) is 70.8 Å². The van der Waals surface area contributed by atoms with Crippen LogP contribution < -0.4 is 0 Å². The predicted octanol–water partition coefficient (Wildman–Crippen LogP) is 3.51. The van der Waals surface area contributed by atoms with Crippen LogP contribution in [0.15, 0.2) is 22.7 Å². The highest BCUT2D eigenvalue weighted by atomic mass is 16.5. The van der Waals surface area contributed by atoms with Crippen molar-refractivity contribution < 1.29 is 4.52 Å². The number of fused-ring (bicyclic) bond motifs is 1. The Morgan fingerprint density at radius 3 is 3.00 bits per heavy atom. The normalized spacial score (nSPS) is 21.9.